The molecule has 2 heterocycles. The summed E-state index contributed by atoms with van der Waals surface area (Å²) >= 11 is 0. The van der Waals surface area contributed by atoms with Crippen molar-refractivity contribution in [1.82, 2.24) is 19.7 Å². The predicted molar refractivity (Wildman–Crippen MR) is 93.6 cm³/mol. The van der Waals surface area contributed by atoms with E-state index in [1.165, 1.54) is 16.5 Å². The van der Waals surface area contributed by atoms with Crippen molar-refractivity contribution in [2.45, 2.75) is 25.3 Å². The smallest absolute Gasteiger partial charge is 0.223 e. The van der Waals surface area contributed by atoms with Crippen LogP contribution in [0.5, 0.6) is 0 Å². The normalized spacial score (nSPS) is 19.5. The quantitative estimate of drug-likeness (QED) is 0.709. The van der Waals surface area contributed by atoms with Gasteiger partial charge in [0.05, 0.1) is 6.20 Å². The summed E-state index contributed by atoms with van der Waals surface area (Å²) in [5.74, 6) is 0.662. The fraction of sp³-hybridized carbons (Fsp3) is 0.368. The summed E-state index contributed by atoms with van der Waals surface area (Å²) in [6.07, 6.45) is 7.88. The second kappa shape index (κ2) is 6.15. The molecule has 0 saturated heterocycles. The van der Waals surface area contributed by atoms with Gasteiger partial charge in [0.25, 0.3) is 0 Å². The molecule has 1 aliphatic rings. The van der Waals surface area contributed by atoms with Crippen molar-refractivity contribution in [3.63, 3.8) is 0 Å². The highest BCUT2D eigenvalue weighted by molar-refractivity contribution is 5.82. The minimum Gasteiger partial charge on any atom is -0.356 e. The average Bonchev–Trinajstić information content (AvgIpc) is 3.11. The van der Waals surface area contributed by atoms with Crippen LogP contribution in [0, 0.1) is 5.92 Å². The van der Waals surface area contributed by atoms with Gasteiger partial charge in [0.2, 0.25) is 5.91 Å². The van der Waals surface area contributed by atoms with Crippen LogP contribution in [0.15, 0.2) is 48.9 Å². The summed E-state index contributed by atoms with van der Waals surface area (Å²) in [4.78, 5) is 12.2. The molecule has 1 aliphatic carbocycles. The highest BCUT2D eigenvalue weighted by atomic mass is 16.2. The molecule has 1 amide bonds. The van der Waals surface area contributed by atoms with Gasteiger partial charge in [-0.05, 0) is 41.8 Å². The van der Waals surface area contributed by atoms with Crippen LogP contribution in [0.1, 0.15) is 24.3 Å². The number of aromatic nitrogens is 3. The molecular formula is C19H22N4O. The number of fused-ring (bicyclic) bond motifs is 1. The van der Waals surface area contributed by atoms with E-state index in [-0.39, 0.29) is 11.8 Å². The Balaban J connectivity index is 1.24. The highest BCUT2D eigenvalue weighted by Gasteiger charge is 2.44. The second-order valence-corrected chi connectivity index (χ2v) is 6.61. The molecule has 2 aromatic heterocycles. The summed E-state index contributed by atoms with van der Waals surface area (Å²) in [5, 5.41) is 8.53. The maximum atomic E-state index is 12.2. The van der Waals surface area contributed by atoms with Crippen LogP contribution in [0.25, 0.3) is 10.9 Å². The van der Waals surface area contributed by atoms with Crippen LogP contribution >= 0.6 is 0 Å². The van der Waals surface area contributed by atoms with Crippen molar-refractivity contribution in [3.8, 4) is 0 Å². The fourth-order valence-electron chi connectivity index (χ4n) is 3.41. The van der Waals surface area contributed by atoms with Gasteiger partial charge in [0.1, 0.15) is 0 Å². The van der Waals surface area contributed by atoms with E-state index in [4.69, 9.17) is 0 Å². The molecule has 3 aromatic rings. The number of amides is 1. The Labute approximate surface area is 141 Å². The Hall–Kier alpha value is -2.56. The van der Waals surface area contributed by atoms with E-state index in [0.29, 0.717) is 5.92 Å². The minimum atomic E-state index is 0.126. The zero-order valence-corrected chi connectivity index (χ0v) is 13.9. The van der Waals surface area contributed by atoms with Gasteiger partial charge in [0, 0.05) is 44.0 Å². The van der Waals surface area contributed by atoms with Gasteiger partial charge < -0.3 is 9.88 Å². The number of aryl methyl sites for hydroxylation is 2. The molecule has 5 nitrogen and oxygen atoms in total. The maximum absolute atomic E-state index is 12.2. The number of rotatable bonds is 6. The summed E-state index contributed by atoms with van der Waals surface area (Å²) in [6, 6.07) is 10.5. The number of para-hydroxylation sites is 1. The fourth-order valence-corrected chi connectivity index (χ4v) is 3.41. The lowest BCUT2D eigenvalue weighted by Crippen LogP contribution is -2.27. The van der Waals surface area contributed by atoms with Gasteiger partial charge in [-0.15, -0.1) is 0 Å². The van der Waals surface area contributed by atoms with Crippen LogP contribution in [0.3, 0.4) is 0 Å². The largest absolute Gasteiger partial charge is 0.356 e. The monoisotopic (exact) mass is 322 g/mol. The maximum Gasteiger partial charge on any atom is 0.223 e. The summed E-state index contributed by atoms with van der Waals surface area (Å²) in [5.41, 5.74) is 2.43. The van der Waals surface area contributed by atoms with Crippen LogP contribution < -0.4 is 5.32 Å². The van der Waals surface area contributed by atoms with Gasteiger partial charge in [-0.3, -0.25) is 9.48 Å². The SMILES string of the molecule is Cn1cc([C@H]2C[C@H]2C(=O)NCCCn2ccc3ccccc32)cn1. The van der Waals surface area contributed by atoms with Crippen molar-refractivity contribution in [3.05, 3.63) is 54.5 Å². The van der Waals surface area contributed by atoms with E-state index < -0.39 is 0 Å². The first-order valence-electron chi connectivity index (χ1n) is 8.52. The average molecular weight is 322 g/mol. The molecule has 2 atom stereocenters. The van der Waals surface area contributed by atoms with Crippen molar-refractivity contribution in [2.75, 3.05) is 6.54 Å². The molecule has 1 fully saturated rings. The number of hydrogen-bond donors (Lipinski definition) is 1. The molecule has 4 rings (SSSR count). The van der Waals surface area contributed by atoms with E-state index in [2.05, 4.69) is 51.5 Å². The van der Waals surface area contributed by atoms with Gasteiger partial charge >= 0.3 is 0 Å². The molecular weight excluding hydrogens is 300 g/mol. The van der Waals surface area contributed by atoms with Gasteiger partial charge in [0.15, 0.2) is 0 Å². The number of carbonyl (C=O) groups excluding carboxylic acids is 1. The molecule has 0 spiro atoms. The van der Waals surface area contributed by atoms with Crippen molar-refractivity contribution in [1.29, 1.82) is 0 Å². The Kier molecular flexibility index (Phi) is 3.84. The third-order valence-corrected chi connectivity index (χ3v) is 4.84. The number of carbonyl (C=O) groups is 1. The Morgan fingerprint density at radius 3 is 3.04 bits per heavy atom. The lowest BCUT2D eigenvalue weighted by Gasteiger charge is -2.07. The van der Waals surface area contributed by atoms with Crippen molar-refractivity contribution < 1.29 is 4.79 Å². The zero-order chi connectivity index (χ0) is 16.5. The number of benzene rings is 1. The van der Waals surface area contributed by atoms with Gasteiger partial charge in [-0.1, -0.05) is 18.2 Å². The second-order valence-electron chi connectivity index (χ2n) is 6.61. The van der Waals surface area contributed by atoms with Crippen LogP contribution in [-0.4, -0.2) is 26.8 Å². The molecule has 24 heavy (non-hydrogen) atoms. The molecule has 5 heteroatoms. The molecule has 0 unspecified atom stereocenters. The van der Waals surface area contributed by atoms with Gasteiger partial charge in [-0.2, -0.15) is 5.10 Å². The molecule has 0 aliphatic heterocycles. The lowest BCUT2D eigenvalue weighted by atomic mass is 10.2. The van der Waals surface area contributed by atoms with Crippen LogP contribution in [0.4, 0.5) is 0 Å². The van der Waals surface area contributed by atoms with E-state index >= 15 is 0 Å². The van der Waals surface area contributed by atoms with Crippen LogP contribution in [0.2, 0.25) is 0 Å². The topological polar surface area (TPSA) is 51.9 Å². The zero-order valence-electron chi connectivity index (χ0n) is 13.9. The van der Waals surface area contributed by atoms with E-state index in [9.17, 15) is 4.79 Å². The molecule has 1 N–H and O–H groups in total. The minimum absolute atomic E-state index is 0.126. The third kappa shape index (κ3) is 2.94. The molecule has 1 saturated carbocycles. The first-order valence-corrected chi connectivity index (χ1v) is 8.52. The van der Waals surface area contributed by atoms with E-state index in [1.54, 1.807) is 4.68 Å². The lowest BCUT2D eigenvalue weighted by molar-refractivity contribution is -0.122. The van der Waals surface area contributed by atoms with Crippen molar-refractivity contribution in [2.24, 2.45) is 13.0 Å². The molecule has 124 valence electrons. The summed E-state index contributed by atoms with van der Waals surface area (Å²) in [6.45, 7) is 1.64. The Morgan fingerprint density at radius 2 is 2.21 bits per heavy atom. The van der Waals surface area contributed by atoms with E-state index in [0.717, 1.165) is 25.9 Å². The highest BCUT2D eigenvalue weighted by Crippen LogP contribution is 2.47. The Bertz CT molecular complexity index is 863. The van der Waals surface area contributed by atoms with Gasteiger partial charge in [-0.25, -0.2) is 0 Å². The third-order valence-electron chi connectivity index (χ3n) is 4.84. The van der Waals surface area contributed by atoms with Crippen LogP contribution in [-0.2, 0) is 18.4 Å². The standard InChI is InChI=1S/C19H22N4O/c1-22-13-15(12-21-22)16-11-17(16)19(24)20-8-4-9-23-10-7-14-5-2-3-6-18(14)23/h2-3,5-7,10,12-13,16-17H,4,8-9,11H2,1H3,(H,20,24)/t16-,17-/m1/s1. The first-order chi connectivity index (χ1) is 11.7. The van der Waals surface area contributed by atoms with E-state index in [1.807, 2.05) is 19.4 Å². The number of nitrogens with one attached hydrogen (secondary N) is 1. The van der Waals surface area contributed by atoms with Crippen molar-refractivity contribution >= 4 is 16.8 Å². The first kappa shape index (κ1) is 15.0. The predicted octanol–water partition coefficient (Wildman–Crippen LogP) is 2.68. The molecule has 0 bridgehead atoms. The number of nitrogens with zero attached hydrogens (tertiary/aromatic N) is 3. The Morgan fingerprint density at radius 1 is 1.33 bits per heavy atom. The number of hydrogen-bond acceptors (Lipinski definition) is 2. The molecule has 1 aromatic carbocycles. The summed E-state index contributed by atoms with van der Waals surface area (Å²) < 4.78 is 4.04. The molecule has 0 radical (unpaired) electrons. The summed E-state index contributed by atoms with van der Waals surface area (Å²) in [7, 11) is 1.91.